The Balaban J connectivity index is 1.24. The van der Waals surface area contributed by atoms with E-state index in [0.717, 1.165) is 98.7 Å². The average molecular weight is 1640 g/mol. The van der Waals surface area contributed by atoms with E-state index in [1.54, 1.807) is 0 Å². The van der Waals surface area contributed by atoms with Gasteiger partial charge in [-0.1, -0.05) is 424 Å². The van der Waals surface area contributed by atoms with Crippen LogP contribution in [0.15, 0.2) is 97.1 Å². The van der Waals surface area contributed by atoms with Crippen molar-refractivity contribution in [3.05, 3.63) is 119 Å². The highest BCUT2D eigenvalue weighted by Gasteiger charge is 2.25. The standard InChI is InChI=1S/C101H170O8P2S2/c1-7-11-15-19-23-27-35-43-51-59-67-91-71-79-95(80-72-91)106-110(112-89-65-57-49-41-33-31-37-45-53-61-69-99(102)104-87-63-55-47-39-29-25-21-17-13-9-3)108-97-83-75-93(76-84-97)101(5,6)94-77-85-98(86-78-94)109-111(107-96-81-73-92(74-82-96)68-60-52-44-36-28-24-20-16-12-8-2)113-90-66-58-50-42-34-32-38-46-54-62-70-100(103)105-88-64-56-48-40-30-26-22-18-14-10-4/h71-86H,7-70,87-90H2,1-6H3. The maximum atomic E-state index is 12.3. The predicted octanol–water partition coefficient (Wildman–Crippen LogP) is 35.3. The SMILES string of the molecule is CCCCCCCCCCCCOC(=O)CCCCCCCCCCCCSP(Oc1ccc(CCCCCCCCCCCC)cc1)Oc1ccc(C(C)(C)c2ccc(OP(Oc3ccc(CCCCCCCCCCCC)cc3)SCCCCCCCCCCCCC(=O)OCCCCCCCCCCCC)cc2)cc1. The number of hydrogen-bond acceptors (Lipinski definition) is 10. The van der Waals surface area contributed by atoms with Crippen LogP contribution >= 0.6 is 37.9 Å². The zero-order valence-electron chi connectivity index (χ0n) is 73.8. The fourth-order valence-corrected chi connectivity index (χ4v) is 20.9. The topological polar surface area (TPSA) is 89.5 Å². The summed E-state index contributed by atoms with van der Waals surface area (Å²) >= 11 is 3.66. The lowest BCUT2D eigenvalue weighted by molar-refractivity contribution is -0.144. The van der Waals surface area contributed by atoms with Crippen LogP contribution in [0.25, 0.3) is 0 Å². The first-order valence-corrected chi connectivity index (χ1v) is 53.4. The van der Waals surface area contributed by atoms with Crippen molar-refractivity contribution in [2.24, 2.45) is 0 Å². The monoisotopic (exact) mass is 1640 g/mol. The first kappa shape index (κ1) is 102. The molecule has 0 amide bonds. The lowest BCUT2D eigenvalue weighted by Gasteiger charge is -2.27. The minimum absolute atomic E-state index is 0.00515. The van der Waals surface area contributed by atoms with Crippen molar-refractivity contribution >= 4 is 49.9 Å². The van der Waals surface area contributed by atoms with Gasteiger partial charge in [0.1, 0.15) is 23.0 Å². The van der Waals surface area contributed by atoms with Crippen molar-refractivity contribution in [1.82, 2.24) is 0 Å². The van der Waals surface area contributed by atoms with Crippen LogP contribution in [0, 0.1) is 0 Å². The van der Waals surface area contributed by atoms with Crippen LogP contribution < -0.4 is 18.1 Å². The zero-order chi connectivity index (χ0) is 80.5. The van der Waals surface area contributed by atoms with Gasteiger partial charge in [-0.2, -0.15) is 0 Å². The molecule has 0 aromatic heterocycles. The summed E-state index contributed by atoms with van der Waals surface area (Å²) in [6.07, 6.45) is 80.4. The molecule has 4 rings (SSSR count). The number of esters is 2. The van der Waals surface area contributed by atoms with Gasteiger partial charge in [-0.05, 0) is 158 Å². The van der Waals surface area contributed by atoms with Crippen LogP contribution in [-0.4, -0.2) is 36.7 Å². The Hall–Kier alpha value is -3.42. The molecular weight excluding hydrogens is 1470 g/mol. The molecule has 644 valence electrons. The molecule has 4 aromatic carbocycles. The fourth-order valence-electron chi connectivity index (χ4n) is 15.1. The van der Waals surface area contributed by atoms with Gasteiger partial charge < -0.3 is 27.6 Å². The van der Waals surface area contributed by atoms with Crippen LogP contribution in [0.3, 0.4) is 0 Å². The molecule has 0 saturated carbocycles. The van der Waals surface area contributed by atoms with Crippen molar-refractivity contribution in [3.63, 3.8) is 0 Å². The van der Waals surface area contributed by atoms with Gasteiger partial charge in [0, 0.05) is 29.8 Å². The molecule has 113 heavy (non-hydrogen) atoms. The Kier molecular flexibility index (Phi) is 66.5. The number of hydrogen-bond donors (Lipinski definition) is 0. The fraction of sp³-hybridized carbons (Fsp3) is 0.743. The molecule has 2 atom stereocenters. The number of carbonyl (C=O) groups excluding carboxylic acids is 2. The minimum atomic E-state index is -1.28. The Labute approximate surface area is 707 Å². The molecule has 12 heteroatoms. The van der Waals surface area contributed by atoms with Crippen LogP contribution in [-0.2, 0) is 37.3 Å². The van der Waals surface area contributed by atoms with E-state index in [1.807, 2.05) is 22.8 Å². The average Bonchev–Trinajstić information content (AvgIpc) is 0.800. The van der Waals surface area contributed by atoms with Crippen molar-refractivity contribution in [2.45, 2.75) is 458 Å². The van der Waals surface area contributed by atoms with Crippen molar-refractivity contribution < 1.29 is 37.2 Å². The summed E-state index contributed by atoms with van der Waals surface area (Å²) < 4.78 is 38.2. The molecule has 0 aliphatic heterocycles. The maximum Gasteiger partial charge on any atom is 0.360 e. The summed E-state index contributed by atoms with van der Waals surface area (Å²) in [5.41, 5.74) is 4.95. The summed E-state index contributed by atoms with van der Waals surface area (Å²) in [7, 11) is -2.56. The van der Waals surface area contributed by atoms with Gasteiger partial charge in [-0.25, -0.2) is 0 Å². The molecule has 0 saturated heterocycles. The first-order chi connectivity index (χ1) is 55.6. The van der Waals surface area contributed by atoms with E-state index in [2.05, 4.69) is 139 Å². The van der Waals surface area contributed by atoms with Crippen LogP contribution in [0.4, 0.5) is 0 Å². The van der Waals surface area contributed by atoms with E-state index in [1.165, 1.54) is 356 Å². The smallest absolute Gasteiger partial charge is 0.360 e. The highest BCUT2D eigenvalue weighted by atomic mass is 32.7. The molecule has 0 aliphatic rings. The molecule has 0 bridgehead atoms. The molecule has 0 radical (unpaired) electrons. The Morgan fingerprint density at radius 2 is 0.460 bits per heavy atom. The molecule has 8 nitrogen and oxygen atoms in total. The number of rotatable bonds is 82. The largest absolute Gasteiger partial charge is 0.466 e. The molecule has 0 fully saturated rings. The van der Waals surface area contributed by atoms with Crippen LogP contribution in [0.1, 0.15) is 462 Å². The van der Waals surface area contributed by atoms with Crippen molar-refractivity contribution in [1.29, 1.82) is 0 Å². The second kappa shape index (κ2) is 73.7. The number of benzene rings is 4. The van der Waals surface area contributed by atoms with Gasteiger partial charge in [-0.3, -0.25) is 9.59 Å². The normalized spacial score (nSPS) is 12.2. The van der Waals surface area contributed by atoms with E-state index in [9.17, 15) is 9.59 Å². The number of aryl methyl sites for hydroxylation is 2. The van der Waals surface area contributed by atoms with Gasteiger partial charge in [0.05, 0.1) is 13.2 Å². The predicted molar refractivity (Wildman–Crippen MR) is 497 cm³/mol. The molecule has 0 heterocycles. The quantitative estimate of drug-likeness (QED) is 0.0242. The maximum absolute atomic E-state index is 12.3. The van der Waals surface area contributed by atoms with Gasteiger partial charge >= 0.3 is 27.1 Å². The molecule has 4 aromatic rings. The number of unbranched alkanes of at least 4 members (excludes halogenated alkanes) is 54. The highest BCUT2D eigenvalue weighted by Crippen LogP contribution is 2.54. The molecule has 0 aliphatic carbocycles. The minimum Gasteiger partial charge on any atom is -0.466 e. The van der Waals surface area contributed by atoms with E-state index in [4.69, 9.17) is 27.6 Å². The van der Waals surface area contributed by atoms with Gasteiger partial charge in [0.2, 0.25) is 0 Å². The summed E-state index contributed by atoms with van der Waals surface area (Å²) in [6.45, 7) is 14.9. The zero-order valence-corrected chi connectivity index (χ0v) is 77.2. The highest BCUT2D eigenvalue weighted by molar-refractivity contribution is 8.53. The molecule has 2 unspecified atom stereocenters. The number of carbonyl (C=O) groups is 2. The van der Waals surface area contributed by atoms with Crippen LogP contribution in [0.5, 0.6) is 23.0 Å². The van der Waals surface area contributed by atoms with Gasteiger partial charge in [0.15, 0.2) is 0 Å². The van der Waals surface area contributed by atoms with Gasteiger partial charge in [0.25, 0.3) is 0 Å². The third kappa shape index (κ3) is 57.4. The molecular formula is C101H170O8P2S2. The van der Waals surface area contributed by atoms with Crippen molar-refractivity contribution in [2.75, 3.05) is 24.7 Å². The van der Waals surface area contributed by atoms with Gasteiger partial charge in [-0.15, -0.1) is 0 Å². The summed E-state index contributed by atoms with van der Waals surface area (Å²) in [5.74, 6) is 5.42. The third-order valence-electron chi connectivity index (χ3n) is 22.8. The second-order valence-electron chi connectivity index (χ2n) is 33.7. The lowest BCUT2D eigenvalue weighted by atomic mass is 9.78. The Morgan fingerprint density at radius 3 is 0.708 bits per heavy atom. The summed E-state index contributed by atoms with van der Waals surface area (Å²) in [4.78, 5) is 24.6. The summed E-state index contributed by atoms with van der Waals surface area (Å²) in [5, 5.41) is 0. The number of ether oxygens (including phenoxy) is 2. The summed E-state index contributed by atoms with van der Waals surface area (Å²) in [6, 6.07) is 35.1. The molecule has 0 spiro atoms. The van der Waals surface area contributed by atoms with Crippen molar-refractivity contribution in [3.8, 4) is 23.0 Å². The Bertz CT molecular complexity index is 2560. The first-order valence-electron chi connectivity index (χ1n) is 47.9. The van der Waals surface area contributed by atoms with E-state index in [-0.39, 0.29) is 17.4 Å². The van der Waals surface area contributed by atoms with E-state index < -0.39 is 15.2 Å². The second-order valence-corrected chi connectivity index (χ2v) is 40.0. The van der Waals surface area contributed by atoms with E-state index >= 15 is 0 Å². The third-order valence-corrected chi connectivity index (χ3v) is 28.9. The van der Waals surface area contributed by atoms with Crippen LogP contribution in [0.2, 0.25) is 0 Å². The Morgan fingerprint density at radius 1 is 0.257 bits per heavy atom. The molecule has 0 N–H and O–H groups in total. The van der Waals surface area contributed by atoms with E-state index in [0.29, 0.717) is 26.1 Å². The lowest BCUT2D eigenvalue weighted by Crippen LogP contribution is -2.18.